The number of rotatable bonds is 5. The summed E-state index contributed by atoms with van der Waals surface area (Å²) in [4.78, 5) is 25.8. The number of benzene rings is 2. The van der Waals surface area contributed by atoms with Crippen LogP contribution in [0.2, 0.25) is 5.02 Å². The Balaban J connectivity index is 2.17. The SMILES string of the molecule is COCCn1cc(-c2ccccc2)n(C(=O)c2ccccc2Cl)c1=O. The molecular formula is C19H17ClN2O3. The summed E-state index contributed by atoms with van der Waals surface area (Å²) < 4.78 is 7.68. The molecule has 0 unspecified atom stereocenters. The molecule has 0 atom stereocenters. The van der Waals surface area contributed by atoms with E-state index < -0.39 is 11.6 Å². The van der Waals surface area contributed by atoms with Gasteiger partial charge in [0, 0.05) is 18.9 Å². The Hall–Kier alpha value is -2.63. The van der Waals surface area contributed by atoms with Crippen LogP contribution in [0.3, 0.4) is 0 Å². The maximum Gasteiger partial charge on any atom is 0.335 e. The van der Waals surface area contributed by atoms with Crippen molar-refractivity contribution in [3.63, 3.8) is 0 Å². The molecule has 1 aromatic heterocycles. The fraction of sp³-hybridized carbons (Fsp3) is 0.158. The second-order valence-electron chi connectivity index (χ2n) is 5.47. The van der Waals surface area contributed by atoms with Crippen LogP contribution in [-0.4, -0.2) is 28.8 Å². The lowest BCUT2D eigenvalue weighted by molar-refractivity contribution is 0.0956. The summed E-state index contributed by atoms with van der Waals surface area (Å²) in [5.41, 5.74) is 1.16. The molecule has 0 aliphatic carbocycles. The second-order valence-corrected chi connectivity index (χ2v) is 5.88. The number of hydrogen-bond donors (Lipinski definition) is 0. The number of ether oxygens (including phenoxy) is 1. The Morgan fingerprint density at radius 3 is 2.44 bits per heavy atom. The van der Waals surface area contributed by atoms with Gasteiger partial charge < -0.3 is 4.74 Å². The van der Waals surface area contributed by atoms with Gasteiger partial charge in [-0.25, -0.2) is 9.36 Å². The maximum atomic E-state index is 13.0. The number of carbonyl (C=O) groups excluding carboxylic acids is 1. The van der Waals surface area contributed by atoms with Crippen LogP contribution < -0.4 is 5.69 Å². The van der Waals surface area contributed by atoms with Crippen molar-refractivity contribution in [2.45, 2.75) is 6.54 Å². The van der Waals surface area contributed by atoms with E-state index in [0.717, 1.165) is 10.1 Å². The van der Waals surface area contributed by atoms with Gasteiger partial charge in [-0.2, -0.15) is 0 Å². The van der Waals surface area contributed by atoms with Gasteiger partial charge in [-0.1, -0.05) is 54.1 Å². The summed E-state index contributed by atoms with van der Waals surface area (Å²) in [5, 5.41) is 0.308. The van der Waals surface area contributed by atoms with Crippen molar-refractivity contribution in [1.82, 2.24) is 9.13 Å². The van der Waals surface area contributed by atoms with E-state index in [0.29, 0.717) is 23.9 Å². The molecule has 0 fully saturated rings. The third-order valence-corrected chi connectivity index (χ3v) is 4.20. The topological polar surface area (TPSA) is 53.2 Å². The number of nitrogens with zero attached hydrogens (tertiary/aromatic N) is 2. The van der Waals surface area contributed by atoms with Crippen LogP contribution in [0, 0.1) is 0 Å². The van der Waals surface area contributed by atoms with Crippen LogP contribution in [-0.2, 0) is 11.3 Å². The molecule has 0 bridgehead atoms. The normalized spacial score (nSPS) is 10.8. The highest BCUT2D eigenvalue weighted by Gasteiger charge is 2.21. The standard InChI is InChI=1S/C19H17ClN2O3/c1-25-12-11-21-13-17(14-7-3-2-4-8-14)22(19(21)24)18(23)15-9-5-6-10-16(15)20/h2-10,13H,11-12H2,1H3. The fourth-order valence-electron chi connectivity index (χ4n) is 2.61. The first-order valence-electron chi connectivity index (χ1n) is 7.79. The van der Waals surface area contributed by atoms with Crippen molar-refractivity contribution in [1.29, 1.82) is 0 Å². The predicted molar refractivity (Wildman–Crippen MR) is 97.2 cm³/mol. The molecule has 1 heterocycles. The summed E-state index contributed by atoms with van der Waals surface area (Å²) in [6.45, 7) is 0.733. The van der Waals surface area contributed by atoms with Crippen LogP contribution in [0.4, 0.5) is 0 Å². The van der Waals surface area contributed by atoms with Gasteiger partial charge in [-0.05, 0) is 12.1 Å². The summed E-state index contributed by atoms with van der Waals surface area (Å²) in [5.74, 6) is -0.453. The summed E-state index contributed by atoms with van der Waals surface area (Å²) in [7, 11) is 1.56. The molecule has 3 aromatic rings. The number of hydrogen-bond acceptors (Lipinski definition) is 3. The number of carbonyl (C=O) groups is 1. The average Bonchev–Trinajstić information content (AvgIpc) is 2.97. The molecule has 0 radical (unpaired) electrons. The summed E-state index contributed by atoms with van der Waals surface area (Å²) in [6.07, 6.45) is 1.67. The molecule has 25 heavy (non-hydrogen) atoms. The zero-order valence-electron chi connectivity index (χ0n) is 13.7. The Labute approximate surface area is 150 Å². The molecule has 0 aliphatic heterocycles. The number of imidazole rings is 1. The van der Waals surface area contributed by atoms with E-state index in [-0.39, 0.29) is 5.56 Å². The van der Waals surface area contributed by atoms with Crippen LogP contribution >= 0.6 is 11.6 Å². The maximum absolute atomic E-state index is 13.0. The van der Waals surface area contributed by atoms with E-state index in [4.69, 9.17) is 16.3 Å². The smallest absolute Gasteiger partial charge is 0.335 e. The number of halogens is 1. The molecule has 128 valence electrons. The molecule has 3 rings (SSSR count). The zero-order chi connectivity index (χ0) is 17.8. The minimum absolute atomic E-state index is 0.285. The van der Waals surface area contributed by atoms with E-state index in [2.05, 4.69) is 0 Å². The highest BCUT2D eigenvalue weighted by atomic mass is 35.5. The Kier molecular flexibility index (Phi) is 5.16. The Morgan fingerprint density at radius 1 is 1.08 bits per heavy atom. The van der Waals surface area contributed by atoms with E-state index in [9.17, 15) is 9.59 Å². The largest absolute Gasteiger partial charge is 0.383 e. The van der Waals surface area contributed by atoms with Gasteiger partial charge >= 0.3 is 5.69 Å². The fourth-order valence-corrected chi connectivity index (χ4v) is 2.82. The van der Waals surface area contributed by atoms with Gasteiger partial charge in [-0.15, -0.1) is 0 Å². The molecule has 0 saturated carbocycles. The summed E-state index contributed by atoms with van der Waals surface area (Å²) >= 11 is 6.15. The lowest BCUT2D eigenvalue weighted by Crippen LogP contribution is -2.30. The van der Waals surface area contributed by atoms with Crippen molar-refractivity contribution in [2.24, 2.45) is 0 Å². The monoisotopic (exact) mass is 356 g/mol. The quantitative estimate of drug-likeness (QED) is 0.704. The molecule has 5 nitrogen and oxygen atoms in total. The molecule has 0 N–H and O–H groups in total. The van der Waals surface area contributed by atoms with Crippen molar-refractivity contribution in [3.05, 3.63) is 81.9 Å². The highest BCUT2D eigenvalue weighted by molar-refractivity contribution is 6.34. The van der Waals surface area contributed by atoms with Gasteiger partial charge in [0.2, 0.25) is 0 Å². The number of aromatic nitrogens is 2. The lowest BCUT2D eigenvalue weighted by Gasteiger charge is -2.07. The predicted octanol–water partition coefficient (Wildman–Crippen LogP) is 3.31. The molecule has 0 saturated heterocycles. The van der Waals surface area contributed by atoms with E-state index in [1.807, 2.05) is 30.3 Å². The lowest BCUT2D eigenvalue weighted by atomic mass is 10.1. The molecule has 0 spiro atoms. The van der Waals surface area contributed by atoms with Gasteiger partial charge in [0.15, 0.2) is 0 Å². The molecule has 2 aromatic carbocycles. The van der Waals surface area contributed by atoms with E-state index in [1.54, 1.807) is 37.6 Å². The first kappa shape index (κ1) is 17.2. The first-order valence-corrected chi connectivity index (χ1v) is 8.17. The van der Waals surface area contributed by atoms with Crippen LogP contribution in [0.15, 0.2) is 65.6 Å². The Morgan fingerprint density at radius 2 is 1.76 bits per heavy atom. The minimum atomic E-state index is -0.453. The average molecular weight is 357 g/mol. The van der Waals surface area contributed by atoms with Gasteiger partial charge in [0.1, 0.15) is 0 Å². The van der Waals surface area contributed by atoms with Crippen LogP contribution in [0.5, 0.6) is 0 Å². The Bertz CT molecular complexity index is 945. The van der Waals surface area contributed by atoms with Gasteiger partial charge in [0.05, 0.1) is 29.4 Å². The summed E-state index contributed by atoms with van der Waals surface area (Å²) in [6, 6.07) is 16.0. The third kappa shape index (κ3) is 3.43. The zero-order valence-corrected chi connectivity index (χ0v) is 14.4. The van der Waals surface area contributed by atoms with E-state index >= 15 is 0 Å². The highest BCUT2D eigenvalue weighted by Crippen LogP contribution is 2.22. The minimum Gasteiger partial charge on any atom is -0.383 e. The van der Waals surface area contributed by atoms with Crippen LogP contribution in [0.1, 0.15) is 10.4 Å². The van der Waals surface area contributed by atoms with Crippen molar-refractivity contribution < 1.29 is 9.53 Å². The molecule has 6 heteroatoms. The second kappa shape index (κ2) is 7.51. The van der Waals surface area contributed by atoms with E-state index in [1.165, 1.54) is 4.57 Å². The van der Waals surface area contributed by atoms with Crippen molar-refractivity contribution >= 4 is 17.5 Å². The van der Waals surface area contributed by atoms with Crippen molar-refractivity contribution in [2.75, 3.05) is 13.7 Å². The number of methoxy groups -OCH3 is 1. The first-order chi connectivity index (χ1) is 12.1. The van der Waals surface area contributed by atoms with Gasteiger partial charge in [0.25, 0.3) is 5.91 Å². The van der Waals surface area contributed by atoms with Crippen molar-refractivity contribution in [3.8, 4) is 11.3 Å². The third-order valence-electron chi connectivity index (χ3n) is 3.87. The van der Waals surface area contributed by atoms with Gasteiger partial charge in [-0.3, -0.25) is 9.36 Å². The molecular weight excluding hydrogens is 340 g/mol. The molecule has 0 aliphatic rings. The van der Waals surface area contributed by atoms with Crippen LogP contribution in [0.25, 0.3) is 11.3 Å². The molecule has 0 amide bonds.